The van der Waals surface area contributed by atoms with E-state index in [1.165, 1.54) is 37.8 Å². The van der Waals surface area contributed by atoms with Gasteiger partial charge in [0.15, 0.2) is 0 Å². The van der Waals surface area contributed by atoms with Crippen LogP contribution < -0.4 is 5.32 Å². The SMILES string of the molecule is CC1CNC(c2ccccc2)CN1C1CC2CCC1C2. The van der Waals surface area contributed by atoms with E-state index in [9.17, 15) is 0 Å². The minimum Gasteiger partial charge on any atom is -0.307 e. The van der Waals surface area contributed by atoms with Crippen molar-refractivity contribution in [2.45, 2.75) is 50.7 Å². The standard InChI is InChI=1S/C18H26N2/c1-13-11-19-17(15-5-3-2-4-6-15)12-20(13)18-10-14-7-8-16(18)9-14/h2-6,13-14,16-19H,7-12H2,1H3. The number of benzene rings is 1. The van der Waals surface area contributed by atoms with Crippen LogP contribution in [0.2, 0.25) is 0 Å². The summed E-state index contributed by atoms with van der Waals surface area (Å²) in [7, 11) is 0. The molecule has 4 rings (SSSR count). The highest BCUT2D eigenvalue weighted by molar-refractivity contribution is 5.20. The minimum atomic E-state index is 0.520. The summed E-state index contributed by atoms with van der Waals surface area (Å²) in [5.74, 6) is 2.04. The molecule has 0 radical (unpaired) electrons. The van der Waals surface area contributed by atoms with Crippen molar-refractivity contribution in [1.82, 2.24) is 10.2 Å². The lowest BCUT2D eigenvalue weighted by Gasteiger charge is -2.45. The molecule has 3 aliphatic rings. The Hall–Kier alpha value is -0.860. The normalized spacial score (nSPS) is 41.1. The van der Waals surface area contributed by atoms with Crippen LogP contribution in [0.5, 0.6) is 0 Å². The quantitative estimate of drug-likeness (QED) is 0.887. The molecule has 1 aromatic rings. The maximum Gasteiger partial charge on any atom is 0.0450 e. The summed E-state index contributed by atoms with van der Waals surface area (Å²) in [5.41, 5.74) is 1.45. The van der Waals surface area contributed by atoms with E-state index in [2.05, 4.69) is 47.5 Å². The van der Waals surface area contributed by atoms with Gasteiger partial charge >= 0.3 is 0 Å². The molecule has 20 heavy (non-hydrogen) atoms. The average Bonchev–Trinajstić information content (AvgIpc) is 3.11. The second kappa shape index (κ2) is 5.16. The predicted molar refractivity (Wildman–Crippen MR) is 82.6 cm³/mol. The third kappa shape index (κ3) is 2.19. The number of fused-ring (bicyclic) bond motifs is 2. The number of rotatable bonds is 2. The summed E-state index contributed by atoms with van der Waals surface area (Å²) in [4.78, 5) is 2.83. The summed E-state index contributed by atoms with van der Waals surface area (Å²) in [6.45, 7) is 4.73. The number of nitrogens with zero attached hydrogens (tertiary/aromatic N) is 1. The zero-order valence-electron chi connectivity index (χ0n) is 12.5. The van der Waals surface area contributed by atoms with Crippen LogP contribution in [0.15, 0.2) is 30.3 Å². The molecule has 5 atom stereocenters. The molecule has 5 unspecified atom stereocenters. The fourth-order valence-corrected chi connectivity index (χ4v) is 4.87. The van der Waals surface area contributed by atoms with Crippen LogP contribution in [0.3, 0.4) is 0 Å². The average molecular weight is 270 g/mol. The van der Waals surface area contributed by atoms with Gasteiger partial charge in [-0.15, -0.1) is 0 Å². The first kappa shape index (κ1) is 12.8. The van der Waals surface area contributed by atoms with Crippen molar-refractivity contribution in [3.63, 3.8) is 0 Å². The topological polar surface area (TPSA) is 15.3 Å². The molecular weight excluding hydrogens is 244 g/mol. The lowest BCUT2D eigenvalue weighted by molar-refractivity contribution is 0.0608. The molecule has 2 saturated carbocycles. The maximum absolute atomic E-state index is 3.74. The van der Waals surface area contributed by atoms with Crippen molar-refractivity contribution in [1.29, 1.82) is 0 Å². The summed E-state index contributed by atoms with van der Waals surface area (Å²) in [5, 5.41) is 3.74. The Bertz CT molecular complexity index is 458. The van der Waals surface area contributed by atoms with Crippen LogP contribution in [0.1, 0.15) is 44.2 Å². The third-order valence-corrected chi connectivity index (χ3v) is 5.95. The monoisotopic (exact) mass is 270 g/mol. The predicted octanol–water partition coefficient (Wildman–Crippen LogP) is 3.21. The van der Waals surface area contributed by atoms with Crippen molar-refractivity contribution >= 4 is 0 Å². The molecular formula is C18H26N2. The molecule has 3 fully saturated rings. The highest BCUT2D eigenvalue weighted by Gasteiger charge is 2.44. The Morgan fingerprint density at radius 2 is 1.95 bits per heavy atom. The molecule has 1 heterocycles. The smallest absolute Gasteiger partial charge is 0.0450 e. The van der Waals surface area contributed by atoms with E-state index >= 15 is 0 Å². The summed E-state index contributed by atoms with van der Waals surface area (Å²) in [6, 6.07) is 13.1. The minimum absolute atomic E-state index is 0.520. The van der Waals surface area contributed by atoms with Crippen LogP contribution >= 0.6 is 0 Å². The van der Waals surface area contributed by atoms with Gasteiger partial charge in [-0.25, -0.2) is 0 Å². The van der Waals surface area contributed by atoms with Gasteiger partial charge in [-0.05, 0) is 43.6 Å². The molecule has 0 spiro atoms. The van der Waals surface area contributed by atoms with Gasteiger partial charge in [0, 0.05) is 31.2 Å². The fourth-order valence-electron chi connectivity index (χ4n) is 4.87. The van der Waals surface area contributed by atoms with E-state index < -0.39 is 0 Å². The van der Waals surface area contributed by atoms with Crippen molar-refractivity contribution in [2.75, 3.05) is 13.1 Å². The first-order chi connectivity index (χ1) is 9.81. The van der Waals surface area contributed by atoms with Crippen molar-refractivity contribution < 1.29 is 0 Å². The Kier molecular flexibility index (Phi) is 3.31. The Morgan fingerprint density at radius 1 is 1.10 bits per heavy atom. The molecule has 1 saturated heterocycles. The molecule has 1 aromatic carbocycles. The second-order valence-electron chi connectivity index (χ2n) is 7.16. The fraction of sp³-hybridized carbons (Fsp3) is 0.667. The van der Waals surface area contributed by atoms with E-state index in [1.54, 1.807) is 0 Å². The lowest BCUT2D eigenvalue weighted by atomic mass is 9.91. The van der Waals surface area contributed by atoms with Crippen LogP contribution in [-0.4, -0.2) is 30.1 Å². The molecule has 0 aromatic heterocycles. The zero-order chi connectivity index (χ0) is 13.5. The lowest BCUT2D eigenvalue weighted by Crippen LogP contribution is -2.56. The largest absolute Gasteiger partial charge is 0.307 e. The molecule has 2 nitrogen and oxygen atoms in total. The van der Waals surface area contributed by atoms with E-state index in [4.69, 9.17) is 0 Å². The molecule has 2 aliphatic carbocycles. The Morgan fingerprint density at radius 3 is 2.65 bits per heavy atom. The second-order valence-corrected chi connectivity index (χ2v) is 7.16. The number of hydrogen-bond donors (Lipinski definition) is 1. The molecule has 1 N–H and O–H groups in total. The molecule has 108 valence electrons. The summed E-state index contributed by atoms with van der Waals surface area (Å²) in [6.07, 6.45) is 5.97. The van der Waals surface area contributed by atoms with Crippen LogP contribution in [0, 0.1) is 11.8 Å². The van der Waals surface area contributed by atoms with Gasteiger partial charge in [-0.3, -0.25) is 4.90 Å². The highest BCUT2D eigenvalue weighted by atomic mass is 15.3. The number of nitrogens with one attached hydrogen (secondary N) is 1. The van der Waals surface area contributed by atoms with Crippen LogP contribution in [0.4, 0.5) is 0 Å². The Balaban J connectivity index is 1.51. The zero-order valence-corrected chi connectivity index (χ0v) is 12.5. The molecule has 0 amide bonds. The van der Waals surface area contributed by atoms with Gasteiger partial charge in [0.1, 0.15) is 0 Å². The number of hydrogen-bond acceptors (Lipinski definition) is 2. The van der Waals surface area contributed by atoms with E-state index in [0.29, 0.717) is 12.1 Å². The van der Waals surface area contributed by atoms with Crippen LogP contribution in [0.25, 0.3) is 0 Å². The summed E-state index contributed by atoms with van der Waals surface area (Å²) < 4.78 is 0. The van der Waals surface area contributed by atoms with E-state index in [1.807, 2.05) is 0 Å². The van der Waals surface area contributed by atoms with Crippen molar-refractivity contribution in [3.8, 4) is 0 Å². The first-order valence-electron chi connectivity index (χ1n) is 8.35. The van der Waals surface area contributed by atoms with E-state index in [0.717, 1.165) is 24.4 Å². The number of piperazine rings is 1. The molecule has 1 aliphatic heterocycles. The Labute approximate surface area is 122 Å². The van der Waals surface area contributed by atoms with Gasteiger partial charge in [0.05, 0.1) is 0 Å². The van der Waals surface area contributed by atoms with E-state index in [-0.39, 0.29) is 0 Å². The summed E-state index contributed by atoms with van der Waals surface area (Å²) >= 11 is 0. The van der Waals surface area contributed by atoms with Gasteiger partial charge in [0.2, 0.25) is 0 Å². The van der Waals surface area contributed by atoms with Gasteiger partial charge < -0.3 is 5.32 Å². The first-order valence-corrected chi connectivity index (χ1v) is 8.35. The van der Waals surface area contributed by atoms with Crippen LogP contribution in [-0.2, 0) is 0 Å². The van der Waals surface area contributed by atoms with Crippen molar-refractivity contribution in [3.05, 3.63) is 35.9 Å². The third-order valence-electron chi connectivity index (χ3n) is 5.95. The molecule has 2 heteroatoms. The molecule has 2 bridgehead atoms. The maximum atomic E-state index is 3.74. The highest BCUT2D eigenvalue weighted by Crippen LogP contribution is 2.47. The van der Waals surface area contributed by atoms with Gasteiger partial charge in [-0.2, -0.15) is 0 Å². The van der Waals surface area contributed by atoms with Gasteiger partial charge in [0.25, 0.3) is 0 Å². The van der Waals surface area contributed by atoms with Gasteiger partial charge in [-0.1, -0.05) is 36.8 Å². The van der Waals surface area contributed by atoms with Crippen molar-refractivity contribution in [2.24, 2.45) is 11.8 Å².